The van der Waals surface area contributed by atoms with Crippen molar-refractivity contribution in [3.05, 3.63) is 35.4 Å². The molecule has 1 aromatic carbocycles. The van der Waals surface area contributed by atoms with Gasteiger partial charge in [-0.2, -0.15) is 0 Å². The van der Waals surface area contributed by atoms with Crippen LogP contribution in [0.5, 0.6) is 0 Å². The first kappa shape index (κ1) is 20.5. The Kier molecular flexibility index (Phi) is 5.11. The van der Waals surface area contributed by atoms with Crippen LogP contribution in [0, 0.1) is 0 Å². The van der Waals surface area contributed by atoms with Crippen molar-refractivity contribution >= 4 is 23.7 Å². The molecular weight excluding hydrogens is 388 g/mol. The summed E-state index contributed by atoms with van der Waals surface area (Å²) in [6.45, 7) is 6.87. The number of rotatable bonds is 2. The molecule has 3 heterocycles. The van der Waals surface area contributed by atoms with E-state index < -0.39 is 41.5 Å². The van der Waals surface area contributed by atoms with Crippen molar-refractivity contribution in [1.29, 1.82) is 0 Å². The summed E-state index contributed by atoms with van der Waals surface area (Å²) < 4.78 is 5.51. The molecule has 3 aliphatic rings. The summed E-state index contributed by atoms with van der Waals surface area (Å²) in [4.78, 5) is 53.2. The molecule has 160 valence electrons. The lowest BCUT2D eigenvalue weighted by molar-refractivity contribution is -0.186. The van der Waals surface area contributed by atoms with Crippen LogP contribution < -0.4 is 5.32 Å². The summed E-state index contributed by atoms with van der Waals surface area (Å²) in [6.07, 6.45) is 0.0694. The van der Waals surface area contributed by atoms with E-state index in [1.165, 1.54) is 5.01 Å². The molecule has 0 aliphatic carbocycles. The number of carbonyl (C=O) groups is 4. The van der Waals surface area contributed by atoms with Crippen molar-refractivity contribution in [3.63, 3.8) is 0 Å². The molecule has 1 aromatic rings. The van der Waals surface area contributed by atoms with Crippen LogP contribution in [0.3, 0.4) is 0 Å². The molecule has 0 saturated carbocycles. The predicted octanol–water partition coefficient (Wildman–Crippen LogP) is 0.762. The van der Waals surface area contributed by atoms with Gasteiger partial charge in [0, 0.05) is 13.1 Å². The third-order valence-corrected chi connectivity index (χ3v) is 5.42. The van der Waals surface area contributed by atoms with E-state index in [2.05, 4.69) is 5.32 Å². The molecule has 9 heteroatoms. The van der Waals surface area contributed by atoms with Gasteiger partial charge in [0.2, 0.25) is 0 Å². The fraction of sp³-hybridized carbons (Fsp3) is 0.524. The number of ether oxygens (including phenoxy) is 1. The summed E-state index contributed by atoms with van der Waals surface area (Å²) in [5.41, 5.74) is -0.109. The highest BCUT2D eigenvalue weighted by Crippen LogP contribution is 2.30. The van der Waals surface area contributed by atoms with Crippen molar-refractivity contribution < 1.29 is 23.9 Å². The van der Waals surface area contributed by atoms with Crippen LogP contribution in [-0.2, 0) is 14.3 Å². The van der Waals surface area contributed by atoms with E-state index in [1.807, 2.05) is 5.01 Å². The molecular formula is C21H26N4O5. The molecule has 0 radical (unpaired) electrons. The molecule has 2 atom stereocenters. The van der Waals surface area contributed by atoms with Crippen LogP contribution >= 0.6 is 0 Å². The van der Waals surface area contributed by atoms with Crippen molar-refractivity contribution in [2.75, 3.05) is 19.6 Å². The molecule has 0 bridgehead atoms. The Labute approximate surface area is 174 Å². The lowest BCUT2D eigenvalue weighted by Crippen LogP contribution is -2.67. The maximum absolute atomic E-state index is 13.5. The number of fused-ring (bicyclic) bond motifs is 2. The highest BCUT2D eigenvalue weighted by Gasteiger charge is 2.50. The summed E-state index contributed by atoms with van der Waals surface area (Å²) in [5, 5.41) is 6.24. The van der Waals surface area contributed by atoms with Crippen molar-refractivity contribution in [2.24, 2.45) is 0 Å². The number of nitrogens with one attached hydrogen (secondary N) is 1. The monoisotopic (exact) mass is 414 g/mol. The average molecular weight is 414 g/mol. The Morgan fingerprint density at radius 1 is 1.07 bits per heavy atom. The number of benzene rings is 1. The number of esters is 1. The fourth-order valence-electron chi connectivity index (χ4n) is 4.16. The summed E-state index contributed by atoms with van der Waals surface area (Å²) in [7, 11) is 0. The molecule has 1 N–H and O–H groups in total. The van der Waals surface area contributed by atoms with Crippen molar-refractivity contribution in [3.8, 4) is 0 Å². The Morgan fingerprint density at radius 2 is 1.70 bits per heavy atom. The molecule has 2 unspecified atom stereocenters. The van der Waals surface area contributed by atoms with Gasteiger partial charge in [0.1, 0.15) is 11.6 Å². The first-order chi connectivity index (χ1) is 14.2. The summed E-state index contributed by atoms with van der Waals surface area (Å²) >= 11 is 0. The van der Waals surface area contributed by atoms with Gasteiger partial charge in [-0.3, -0.25) is 24.6 Å². The van der Waals surface area contributed by atoms with Gasteiger partial charge in [0.05, 0.1) is 11.1 Å². The van der Waals surface area contributed by atoms with Crippen LogP contribution in [-0.4, -0.2) is 76.1 Å². The molecule has 3 aliphatic heterocycles. The van der Waals surface area contributed by atoms with Gasteiger partial charge in [-0.25, -0.2) is 14.8 Å². The van der Waals surface area contributed by atoms with Gasteiger partial charge < -0.3 is 4.74 Å². The number of hydrogen-bond donors (Lipinski definition) is 1. The van der Waals surface area contributed by atoms with E-state index >= 15 is 0 Å². The molecule has 0 aromatic heterocycles. The Hall–Kier alpha value is -2.78. The first-order valence-electron chi connectivity index (χ1n) is 10.2. The van der Waals surface area contributed by atoms with Crippen LogP contribution in [0.2, 0.25) is 0 Å². The normalized spacial score (nSPS) is 25.1. The number of carbonyl (C=O) groups excluding carboxylic acids is 4. The Morgan fingerprint density at radius 3 is 2.30 bits per heavy atom. The van der Waals surface area contributed by atoms with Crippen LogP contribution in [0.15, 0.2) is 24.3 Å². The second kappa shape index (κ2) is 7.48. The standard InChI is InChI=1S/C21H26N4O5/c1-21(2,3)30-20(29)16-22-10-6-11-23-12-9-15(19(28)25(16)23)24-17(26)13-7-4-5-8-14(13)18(24)27/h4-5,7-8,15-16,22H,6,9-12H2,1-3H3. The van der Waals surface area contributed by atoms with Gasteiger partial charge in [-0.05, 0) is 52.3 Å². The van der Waals surface area contributed by atoms with Crippen molar-refractivity contribution in [2.45, 2.75) is 51.4 Å². The average Bonchev–Trinajstić information content (AvgIpc) is 2.84. The second-order valence-electron chi connectivity index (χ2n) is 8.71. The number of amides is 3. The van der Waals surface area contributed by atoms with Gasteiger partial charge in [0.25, 0.3) is 17.7 Å². The van der Waals surface area contributed by atoms with Crippen LogP contribution in [0.1, 0.15) is 54.3 Å². The van der Waals surface area contributed by atoms with E-state index in [9.17, 15) is 19.2 Å². The van der Waals surface area contributed by atoms with Gasteiger partial charge in [-0.1, -0.05) is 12.1 Å². The Balaban J connectivity index is 1.63. The number of imide groups is 1. The highest BCUT2D eigenvalue weighted by molar-refractivity contribution is 6.22. The zero-order valence-electron chi connectivity index (χ0n) is 17.4. The third-order valence-electron chi connectivity index (χ3n) is 5.42. The maximum atomic E-state index is 13.5. The summed E-state index contributed by atoms with van der Waals surface area (Å²) in [5.74, 6) is -1.97. The first-order valence-corrected chi connectivity index (χ1v) is 10.2. The van der Waals surface area contributed by atoms with Gasteiger partial charge in [0.15, 0.2) is 6.17 Å². The minimum Gasteiger partial charge on any atom is -0.457 e. The molecule has 9 nitrogen and oxygen atoms in total. The van der Waals surface area contributed by atoms with Crippen molar-refractivity contribution in [1.82, 2.24) is 20.2 Å². The zero-order chi connectivity index (χ0) is 21.6. The molecule has 0 spiro atoms. The summed E-state index contributed by atoms with van der Waals surface area (Å²) in [6, 6.07) is 5.60. The quantitative estimate of drug-likeness (QED) is 0.563. The molecule has 30 heavy (non-hydrogen) atoms. The minimum atomic E-state index is -1.00. The maximum Gasteiger partial charge on any atom is 0.346 e. The minimum absolute atomic E-state index is 0.301. The smallest absolute Gasteiger partial charge is 0.346 e. The van der Waals surface area contributed by atoms with E-state index in [0.29, 0.717) is 37.2 Å². The van der Waals surface area contributed by atoms with Gasteiger partial charge >= 0.3 is 5.97 Å². The number of hydrogen-bond acceptors (Lipinski definition) is 7. The SMILES string of the molecule is CC(C)(C)OC(=O)C1NCCCN2CCC(N3C(=O)c4ccccc4C3=O)C(=O)N12. The van der Waals surface area contributed by atoms with E-state index in [-0.39, 0.29) is 0 Å². The predicted molar refractivity (Wildman–Crippen MR) is 106 cm³/mol. The number of nitrogens with zero attached hydrogens (tertiary/aromatic N) is 3. The third kappa shape index (κ3) is 3.48. The largest absolute Gasteiger partial charge is 0.457 e. The van der Waals surface area contributed by atoms with Crippen LogP contribution in [0.4, 0.5) is 0 Å². The molecule has 2 saturated heterocycles. The lowest BCUT2D eigenvalue weighted by atomic mass is 10.1. The van der Waals surface area contributed by atoms with Crippen LogP contribution in [0.25, 0.3) is 0 Å². The number of hydrazine groups is 1. The van der Waals surface area contributed by atoms with E-state index in [1.54, 1.807) is 45.0 Å². The molecule has 3 amide bonds. The second-order valence-corrected chi connectivity index (χ2v) is 8.71. The van der Waals surface area contributed by atoms with E-state index in [0.717, 1.165) is 11.3 Å². The molecule has 4 rings (SSSR count). The highest BCUT2D eigenvalue weighted by atomic mass is 16.6. The van der Waals surface area contributed by atoms with E-state index in [4.69, 9.17) is 4.74 Å². The zero-order valence-corrected chi connectivity index (χ0v) is 17.4. The van der Waals surface area contributed by atoms with Gasteiger partial charge in [-0.15, -0.1) is 0 Å². The Bertz CT molecular complexity index is 874. The topological polar surface area (TPSA) is 99.3 Å². The fourth-order valence-corrected chi connectivity index (χ4v) is 4.16. The molecule has 2 fully saturated rings. The lowest BCUT2D eigenvalue weighted by Gasteiger charge is -2.45.